The van der Waals surface area contributed by atoms with Crippen LogP contribution in [0.5, 0.6) is 0 Å². The quantitative estimate of drug-likeness (QED) is 0.676. The number of halogens is 2. The van der Waals surface area contributed by atoms with Crippen molar-refractivity contribution in [3.05, 3.63) is 47.8 Å². The van der Waals surface area contributed by atoms with E-state index in [1.165, 1.54) is 0 Å². The van der Waals surface area contributed by atoms with E-state index in [4.69, 9.17) is 0 Å². The summed E-state index contributed by atoms with van der Waals surface area (Å²) < 4.78 is 25.4. The van der Waals surface area contributed by atoms with Crippen molar-refractivity contribution in [3.8, 4) is 17.2 Å². The predicted molar refractivity (Wildman–Crippen MR) is 96.9 cm³/mol. The topological polar surface area (TPSA) is 65.4 Å². The Balaban J connectivity index is 2.16. The molecule has 1 N–H and O–H groups in total. The summed E-state index contributed by atoms with van der Waals surface area (Å²) in [5, 5.41) is 17.4. The van der Waals surface area contributed by atoms with E-state index in [0.29, 0.717) is 12.1 Å². The maximum atomic E-state index is 12.7. The standard InChI is InChI=1S/C20H20F2N4/c1-3-20(2,12-23)15-9-13(4-5-18(21)22)8-14(10-15)16-6-7-24-19-17(16)11-25-26-19/h6-11,18H,3-5H2,1-2H3,(H,24,25,26). The molecule has 0 radical (unpaired) electrons. The molecule has 0 bridgehead atoms. The van der Waals surface area contributed by atoms with Gasteiger partial charge >= 0.3 is 0 Å². The molecule has 1 aromatic carbocycles. The molecule has 0 saturated carbocycles. The third kappa shape index (κ3) is 3.43. The summed E-state index contributed by atoms with van der Waals surface area (Å²) in [6, 6.07) is 10.0. The van der Waals surface area contributed by atoms with Crippen molar-refractivity contribution in [1.29, 1.82) is 5.26 Å². The zero-order chi connectivity index (χ0) is 18.7. The Labute approximate surface area is 150 Å². The lowest BCUT2D eigenvalue weighted by Crippen LogP contribution is -2.18. The van der Waals surface area contributed by atoms with E-state index in [1.807, 2.05) is 38.1 Å². The van der Waals surface area contributed by atoms with Gasteiger partial charge in [-0.2, -0.15) is 10.4 Å². The van der Waals surface area contributed by atoms with Gasteiger partial charge in [0.1, 0.15) is 0 Å². The van der Waals surface area contributed by atoms with Gasteiger partial charge in [0.2, 0.25) is 6.43 Å². The Morgan fingerprint density at radius 3 is 2.81 bits per heavy atom. The van der Waals surface area contributed by atoms with Crippen LogP contribution in [0.15, 0.2) is 36.7 Å². The van der Waals surface area contributed by atoms with E-state index in [2.05, 4.69) is 21.3 Å². The number of hydrogen-bond acceptors (Lipinski definition) is 3. The van der Waals surface area contributed by atoms with Gasteiger partial charge in [-0.1, -0.05) is 19.1 Å². The van der Waals surface area contributed by atoms with Crippen molar-refractivity contribution >= 4 is 11.0 Å². The van der Waals surface area contributed by atoms with Crippen LogP contribution in [0.4, 0.5) is 8.78 Å². The van der Waals surface area contributed by atoms with E-state index in [-0.39, 0.29) is 12.8 Å². The number of rotatable bonds is 6. The highest BCUT2D eigenvalue weighted by molar-refractivity contribution is 5.92. The first-order valence-corrected chi connectivity index (χ1v) is 8.59. The van der Waals surface area contributed by atoms with Crippen LogP contribution in [0.3, 0.4) is 0 Å². The van der Waals surface area contributed by atoms with Crippen LogP contribution in [0, 0.1) is 11.3 Å². The fourth-order valence-corrected chi connectivity index (χ4v) is 3.04. The molecule has 4 nitrogen and oxygen atoms in total. The van der Waals surface area contributed by atoms with Crippen molar-refractivity contribution in [2.24, 2.45) is 0 Å². The summed E-state index contributed by atoms with van der Waals surface area (Å²) in [5.74, 6) is 0. The van der Waals surface area contributed by atoms with Crippen molar-refractivity contribution in [3.63, 3.8) is 0 Å². The molecular formula is C20H20F2N4. The maximum Gasteiger partial charge on any atom is 0.239 e. The minimum atomic E-state index is -2.35. The normalized spacial score (nSPS) is 13.7. The molecule has 0 fully saturated rings. The lowest BCUT2D eigenvalue weighted by Gasteiger charge is -2.22. The summed E-state index contributed by atoms with van der Waals surface area (Å²) in [7, 11) is 0. The van der Waals surface area contributed by atoms with Crippen LogP contribution in [0.25, 0.3) is 22.2 Å². The molecule has 0 aliphatic heterocycles. The third-order valence-electron chi connectivity index (χ3n) is 4.90. The van der Waals surface area contributed by atoms with Crippen LogP contribution < -0.4 is 0 Å². The minimum absolute atomic E-state index is 0.199. The molecule has 2 heterocycles. The Kier molecular flexibility index (Phi) is 4.99. The Bertz CT molecular complexity index is 958. The molecule has 1 unspecified atom stereocenters. The number of H-pyrrole nitrogens is 1. The fraction of sp³-hybridized carbons (Fsp3) is 0.350. The lowest BCUT2D eigenvalue weighted by molar-refractivity contribution is 0.138. The Morgan fingerprint density at radius 2 is 2.12 bits per heavy atom. The van der Waals surface area contributed by atoms with E-state index >= 15 is 0 Å². The summed E-state index contributed by atoms with van der Waals surface area (Å²) in [4.78, 5) is 4.24. The van der Waals surface area contributed by atoms with Gasteiger partial charge < -0.3 is 0 Å². The molecule has 134 valence electrons. The SMILES string of the molecule is CCC(C)(C#N)c1cc(CCC(F)F)cc(-c2ccnc3[nH]ncc23)c1. The average molecular weight is 354 g/mol. The third-order valence-corrected chi connectivity index (χ3v) is 4.90. The lowest BCUT2D eigenvalue weighted by atomic mass is 9.79. The Morgan fingerprint density at radius 1 is 1.31 bits per heavy atom. The highest BCUT2D eigenvalue weighted by Crippen LogP contribution is 2.34. The molecule has 2 aromatic heterocycles. The molecule has 3 aromatic rings. The number of benzene rings is 1. The molecule has 6 heteroatoms. The van der Waals surface area contributed by atoms with Gasteiger partial charge in [0, 0.05) is 18.0 Å². The van der Waals surface area contributed by atoms with Crippen LogP contribution in [0.1, 0.15) is 37.8 Å². The number of hydrogen-bond donors (Lipinski definition) is 1. The minimum Gasteiger partial charge on any atom is -0.261 e. The second-order valence-electron chi connectivity index (χ2n) is 6.64. The van der Waals surface area contributed by atoms with Crippen molar-refractivity contribution in [1.82, 2.24) is 15.2 Å². The maximum absolute atomic E-state index is 12.7. The van der Waals surface area contributed by atoms with Gasteiger partial charge in [0.05, 0.1) is 17.7 Å². The highest BCUT2D eigenvalue weighted by Gasteiger charge is 2.25. The molecule has 26 heavy (non-hydrogen) atoms. The van der Waals surface area contributed by atoms with E-state index in [0.717, 1.165) is 27.6 Å². The number of alkyl halides is 2. The Hall–Kier alpha value is -2.81. The molecular weight excluding hydrogens is 334 g/mol. The molecule has 0 aliphatic carbocycles. The smallest absolute Gasteiger partial charge is 0.239 e. The summed E-state index contributed by atoms with van der Waals surface area (Å²) >= 11 is 0. The highest BCUT2D eigenvalue weighted by atomic mass is 19.3. The van der Waals surface area contributed by atoms with Gasteiger partial charge in [-0.3, -0.25) is 5.10 Å². The fourth-order valence-electron chi connectivity index (χ4n) is 3.04. The number of pyridine rings is 1. The van der Waals surface area contributed by atoms with E-state index in [1.54, 1.807) is 12.4 Å². The predicted octanol–water partition coefficient (Wildman–Crippen LogP) is 5.01. The van der Waals surface area contributed by atoms with Crippen molar-refractivity contribution in [2.45, 2.75) is 45.0 Å². The van der Waals surface area contributed by atoms with Crippen LogP contribution in [0.2, 0.25) is 0 Å². The molecule has 3 rings (SSSR count). The monoisotopic (exact) mass is 354 g/mol. The number of nitrogens with zero attached hydrogens (tertiary/aromatic N) is 3. The van der Waals surface area contributed by atoms with Gasteiger partial charge in [-0.25, -0.2) is 13.8 Å². The largest absolute Gasteiger partial charge is 0.261 e. The molecule has 0 amide bonds. The molecule has 1 atom stereocenters. The molecule has 0 spiro atoms. The first-order chi connectivity index (χ1) is 12.5. The van der Waals surface area contributed by atoms with Gasteiger partial charge in [0.25, 0.3) is 0 Å². The van der Waals surface area contributed by atoms with Gasteiger partial charge in [-0.05, 0) is 54.2 Å². The first-order valence-electron chi connectivity index (χ1n) is 8.59. The van der Waals surface area contributed by atoms with Crippen molar-refractivity contribution in [2.75, 3.05) is 0 Å². The van der Waals surface area contributed by atoms with E-state index in [9.17, 15) is 14.0 Å². The second-order valence-corrected chi connectivity index (χ2v) is 6.64. The van der Waals surface area contributed by atoms with Crippen LogP contribution >= 0.6 is 0 Å². The van der Waals surface area contributed by atoms with Crippen molar-refractivity contribution < 1.29 is 8.78 Å². The number of fused-ring (bicyclic) bond motifs is 1. The number of aryl methyl sites for hydroxylation is 1. The number of aromatic amines is 1. The molecule has 0 saturated heterocycles. The summed E-state index contributed by atoms with van der Waals surface area (Å²) in [5.41, 5.74) is 3.45. The number of nitrogens with one attached hydrogen (secondary N) is 1. The van der Waals surface area contributed by atoms with Crippen LogP contribution in [-0.2, 0) is 11.8 Å². The van der Waals surface area contributed by atoms with Crippen LogP contribution in [-0.4, -0.2) is 21.6 Å². The van der Waals surface area contributed by atoms with Gasteiger partial charge in [-0.15, -0.1) is 0 Å². The first kappa shape index (κ1) is 18.0. The molecule has 0 aliphatic rings. The van der Waals surface area contributed by atoms with E-state index < -0.39 is 11.8 Å². The summed E-state index contributed by atoms with van der Waals surface area (Å²) in [6.45, 7) is 3.83. The number of aromatic nitrogens is 3. The average Bonchev–Trinajstić information content (AvgIpc) is 3.14. The zero-order valence-electron chi connectivity index (χ0n) is 14.8. The van der Waals surface area contributed by atoms with Gasteiger partial charge in [0.15, 0.2) is 5.65 Å². The zero-order valence-corrected chi connectivity index (χ0v) is 14.8. The number of nitriles is 1. The second kappa shape index (κ2) is 7.20. The summed E-state index contributed by atoms with van der Waals surface area (Å²) in [6.07, 6.45) is 1.74.